The molecule has 0 atom stereocenters. The lowest BCUT2D eigenvalue weighted by molar-refractivity contribution is 0.0770. The summed E-state index contributed by atoms with van der Waals surface area (Å²) in [6.07, 6.45) is 1.50. The molecule has 0 saturated carbocycles. The number of anilines is 1. The quantitative estimate of drug-likeness (QED) is 0.758. The third kappa shape index (κ3) is 3.50. The lowest BCUT2D eigenvalue weighted by Gasteiger charge is -2.43. The van der Waals surface area contributed by atoms with Gasteiger partial charge in [0.25, 0.3) is 5.91 Å². The van der Waals surface area contributed by atoms with Crippen molar-refractivity contribution >= 4 is 34.7 Å². The number of nitrogens with one attached hydrogen (secondary N) is 2. The summed E-state index contributed by atoms with van der Waals surface area (Å²) in [6.45, 7) is 1.85. The highest BCUT2D eigenvalue weighted by atomic mass is 35.5. The van der Waals surface area contributed by atoms with Crippen LogP contribution >= 0.6 is 11.6 Å². The van der Waals surface area contributed by atoms with Gasteiger partial charge in [-0.25, -0.2) is 4.99 Å². The van der Waals surface area contributed by atoms with Gasteiger partial charge in [-0.2, -0.15) is 0 Å². The predicted molar refractivity (Wildman–Crippen MR) is 107 cm³/mol. The number of para-hydroxylation sites is 1. The van der Waals surface area contributed by atoms with Crippen LogP contribution in [-0.2, 0) is 11.3 Å². The number of halogens is 1. The zero-order valence-corrected chi connectivity index (χ0v) is 15.6. The lowest BCUT2D eigenvalue weighted by Crippen LogP contribution is -2.56. The molecule has 0 aromatic heterocycles. The smallest absolute Gasteiger partial charge is 0.250 e. The summed E-state index contributed by atoms with van der Waals surface area (Å²) in [4.78, 5) is 16.7. The number of ether oxygens (including phenoxy) is 1. The van der Waals surface area contributed by atoms with Crippen molar-refractivity contribution in [1.29, 1.82) is 0 Å². The van der Waals surface area contributed by atoms with Crippen LogP contribution in [0.4, 0.5) is 11.4 Å². The van der Waals surface area contributed by atoms with E-state index in [-0.39, 0.29) is 0 Å². The molecule has 2 aromatic carbocycles. The number of carbonyl (C=O) groups is 1. The molecule has 2 heterocycles. The molecule has 6 nitrogen and oxygen atoms in total. The van der Waals surface area contributed by atoms with Crippen molar-refractivity contribution in [3.63, 3.8) is 0 Å². The van der Waals surface area contributed by atoms with Crippen molar-refractivity contribution < 1.29 is 9.53 Å². The standard InChI is InChI=1S/C20H21ClN4O2/c21-14-4-1-3-13(11-14)12-23-19-20(7-9-27-10-8-20)25-17-15(18(22)26)5-2-6-16(17)24-19/h1-6,11,25H,7-10,12H2,(H2,22,26)(H,23,24). The van der Waals surface area contributed by atoms with E-state index in [1.807, 2.05) is 30.3 Å². The monoisotopic (exact) mass is 384 g/mol. The van der Waals surface area contributed by atoms with E-state index in [4.69, 9.17) is 27.1 Å². The fourth-order valence-corrected chi connectivity index (χ4v) is 3.83. The van der Waals surface area contributed by atoms with Gasteiger partial charge in [-0.3, -0.25) is 4.79 Å². The van der Waals surface area contributed by atoms with Gasteiger partial charge >= 0.3 is 0 Å². The van der Waals surface area contributed by atoms with Gasteiger partial charge in [-0.05, 0) is 29.8 Å². The molecule has 2 aliphatic rings. The number of nitrogens with two attached hydrogens (primary N) is 1. The van der Waals surface area contributed by atoms with Crippen LogP contribution in [0.25, 0.3) is 0 Å². The molecule has 1 spiro atoms. The van der Waals surface area contributed by atoms with Crippen molar-refractivity contribution in [1.82, 2.24) is 5.32 Å². The highest BCUT2D eigenvalue weighted by molar-refractivity contribution is 6.30. The van der Waals surface area contributed by atoms with Crippen LogP contribution < -0.4 is 16.4 Å². The average Bonchev–Trinajstić information content (AvgIpc) is 2.66. The Morgan fingerprint density at radius 2 is 2.04 bits per heavy atom. The molecular formula is C20H21ClN4O2. The van der Waals surface area contributed by atoms with Crippen molar-refractivity contribution in [2.75, 3.05) is 18.5 Å². The molecule has 1 amide bonds. The van der Waals surface area contributed by atoms with Crippen LogP contribution in [0.5, 0.6) is 0 Å². The Kier molecular flexibility index (Phi) is 4.76. The zero-order valence-electron chi connectivity index (χ0n) is 14.8. The molecule has 4 rings (SSSR count). The van der Waals surface area contributed by atoms with Crippen LogP contribution in [0.2, 0.25) is 5.02 Å². The van der Waals surface area contributed by atoms with Crippen LogP contribution in [-0.4, -0.2) is 30.5 Å². The van der Waals surface area contributed by atoms with Crippen molar-refractivity contribution in [3.05, 3.63) is 58.6 Å². The van der Waals surface area contributed by atoms with Gasteiger partial charge < -0.3 is 21.1 Å². The minimum atomic E-state index is -0.466. The number of fused-ring (bicyclic) bond motifs is 1. The second-order valence-electron chi connectivity index (χ2n) is 6.83. The van der Waals surface area contributed by atoms with Crippen LogP contribution in [0.15, 0.2) is 47.5 Å². The largest absolute Gasteiger partial charge is 0.381 e. The van der Waals surface area contributed by atoms with Crippen molar-refractivity contribution in [2.45, 2.75) is 24.9 Å². The van der Waals surface area contributed by atoms with Gasteiger partial charge in [0.05, 0.1) is 22.5 Å². The molecular weight excluding hydrogens is 364 g/mol. The maximum atomic E-state index is 11.8. The van der Waals surface area contributed by atoms with Crippen LogP contribution in [0.3, 0.4) is 0 Å². The molecule has 1 fully saturated rings. The van der Waals surface area contributed by atoms with Gasteiger partial charge in [0, 0.05) is 37.6 Å². The van der Waals surface area contributed by atoms with Gasteiger partial charge in [-0.15, -0.1) is 0 Å². The molecule has 27 heavy (non-hydrogen) atoms. The SMILES string of the molecule is NC(=O)c1cccc2c1NC1(CCOCC1)C(NCc1cccc(Cl)c1)=N2. The molecule has 0 unspecified atom stereocenters. The third-order valence-electron chi connectivity index (χ3n) is 5.05. The molecule has 0 aliphatic carbocycles. The van der Waals surface area contributed by atoms with E-state index in [2.05, 4.69) is 10.6 Å². The Hall–Kier alpha value is -2.57. The Labute approximate surface area is 162 Å². The number of hydrogen-bond donors (Lipinski definition) is 3. The lowest BCUT2D eigenvalue weighted by atomic mass is 9.85. The fraction of sp³-hybridized carbons (Fsp3) is 0.300. The topological polar surface area (TPSA) is 88.7 Å². The van der Waals surface area contributed by atoms with Gasteiger partial charge in [-0.1, -0.05) is 29.8 Å². The summed E-state index contributed by atoms with van der Waals surface area (Å²) < 4.78 is 5.56. The molecule has 7 heteroatoms. The van der Waals surface area contributed by atoms with Gasteiger partial charge in [0.2, 0.25) is 0 Å². The second kappa shape index (κ2) is 7.21. The van der Waals surface area contributed by atoms with Crippen molar-refractivity contribution in [3.8, 4) is 0 Å². The molecule has 4 N–H and O–H groups in total. The van der Waals surface area contributed by atoms with E-state index < -0.39 is 11.4 Å². The fourth-order valence-electron chi connectivity index (χ4n) is 3.62. The van der Waals surface area contributed by atoms with E-state index in [1.54, 1.807) is 12.1 Å². The summed E-state index contributed by atoms with van der Waals surface area (Å²) in [5.74, 6) is 0.381. The first-order chi connectivity index (χ1) is 13.1. The number of amides is 1. The molecule has 2 aromatic rings. The first kappa shape index (κ1) is 17.8. The van der Waals surface area contributed by atoms with Gasteiger partial charge in [0.1, 0.15) is 5.84 Å². The Balaban J connectivity index is 1.70. The minimum Gasteiger partial charge on any atom is -0.381 e. The maximum Gasteiger partial charge on any atom is 0.250 e. The summed E-state index contributed by atoms with van der Waals surface area (Å²) in [5, 5.41) is 7.74. The summed E-state index contributed by atoms with van der Waals surface area (Å²) >= 11 is 6.09. The number of primary amides is 1. The highest BCUT2D eigenvalue weighted by Gasteiger charge is 2.41. The summed E-state index contributed by atoms with van der Waals surface area (Å²) in [6, 6.07) is 13.1. The van der Waals surface area contributed by atoms with E-state index in [0.717, 1.165) is 24.2 Å². The molecule has 0 bridgehead atoms. The minimum absolute atomic E-state index is 0.407. The number of benzene rings is 2. The first-order valence-corrected chi connectivity index (χ1v) is 9.31. The number of amidine groups is 1. The van der Waals surface area contributed by atoms with E-state index in [9.17, 15) is 4.79 Å². The van der Waals surface area contributed by atoms with Crippen LogP contribution in [0, 0.1) is 0 Å². The van der Waals surface area contributed by atoms with E-state index >= 15 is 0 Å². The third-order valence-corrected chi connectivity index (χ3v) is 5.29. The van der Waals surface area contributed by atoms with Gasteiger partial charge in [0.15, 0.2) is 0 Å². The average molecular weight is 385 g/mol. The Morgan fingerprint density at radius 1 is 1.26 bits per heavy atom. The maximum absolute atomic E-state index is 11.8. The number of nitrogens with zero attached hydrogens (tertiary/aromatic N) is 1. The summed E-state index contributed by atoms with van der Waals surface area (Å²) in [5.41, 5.74) is 8.08. The second-order valence-corrected chi connectivity index (χ2v) is 7.26. The number of hydrogen-bond acceptors (Lipinski definition) is 5. The van der Waals surface area contributed by atoms with E-state index in [0.29, 0.717) is 41.7 Å². The Morgan fingerprint density at radius 3 is 2.78 bits per heavy atom. The molecule has 0 radical (unpaired) electrons. The summed E-state index contributed by atoms with van der Waals surface area (Å²) in [7, 11) is 0. The zero-order chi connectivity index (χ0) is 18.9. The molecule has 1 saturated heterocycles. The number of carbonyl (C=O) groups excluding carboxylic acids is 1. The highest BCUT2D eigenvalue weighted by Crippen LogP contribution is 2.39. The normalized spacial score (nSPS) is 17.6. The van der Waals surface area contributed by atoms with Crippen molar-refractivity contribution in [2.24, 2.45) is 10.7 Å². The Bertz CT molecular complexity index is 907. The first-order valence-electron chi connectivity index (χ1n) is 8.94. The van der Waals surface area contributed by atoms with Crippen LogP contribution in [0.1, 0.15) is 28.8 Å². The number of rotatable bonds is 3. The molecule has 140 valence electrons. The predicted octanol–water partition coefficient (Wildman–Crippen LogP) is 3.23. The van der Waals surface area contributed by atoms with E-state index in [1.165, 1.54) is 0 Å². The molecule has 2 aliphatic heterocycles. The number of aliphatic imine (C=N–C) groups is 1.